The SMILES string of the molecule is COc1cccc(C(C)(C)CNCC(F)(F)F)c1. The van der Waals surface area contributed by atoms with Gasteiger partial charge >= 0.3 is 6.18 Å². The van der Waals surface area contributed by atoms with Crippen LogP contribution in [0.2, 0.25) is 0 Å². The van der Waals surface area contributed by atoms with Gasteiger partial charge in [0, 0.05) is 12.0 Å². The van der Waals surface area contributed by atoms with Crippen molar-refractivity contribution in [1.82, 2.24) is 5.32 Å². The number of rotatable bonds is 5. The zero-order valence-corrected chi connectivity index (χ0v) is 10.8. The van der Waals surface area contributed by atoms with Crippen molar-refractivity contribution in [2.24, 2.45) is 0 Å². The quantitative estimate of drug-likeness (QED) is 0.879. The normalized spacial score (nSPS) is 12.6. The van der Waals surface area contributed by atoms with Gasteiger partial charge in [-0.2, -0.15) is 13.2 Å². The van der Waals surface area contributed by atoms with Gasteiger partial charge in [-0.15, -0.1) is 0 Å². The minimum atomic E-state index is -4.18. The Kier molecular flexibility index (Phi) is 4.62. The first-order valence-electron chi connectivity index (χ1n) is 5.66. The lowest BCUT2D eigenvalue weighted by molar-refractivity contribution is -0.125. The van der Waals surface area contributed by atoms with Crippen molar-refractivity contribution < 1.29 is 17.9 Å². The average Bonchev–Trinajstić information content (AvgIpc) is 2.27. The Bertz CT molecular complexity index is 388. The Hall–Kier alpha value is -1.23. The van der Waals surface area contributed by atoms with Gasteiger partial charge in [0.25, 0.3) is 0 Å². The average molecular weight is 261 g/mol. The van der Waals surface area contributed by atoms with E-state index in [1.807, 2.05) is 38.1 Å². The van der Waals surface area contributed by atoms with Crippen LogP contribution in [-0.2, 0) is 5.41 Å². The predicted molar refractivity (Wildman–Crippen MR) is 64.9 cm³/mol. The molecule has 1 N–H and O–H groups in total. The van der Waals surface area contributed by atoms with E-state index in [1.165, 1.54) is 0 Å². The van der Waals surface area contributed by atoms with Crippen LogP contribution in [0.5, 0.6) is 5.75 Å². The molecule has 102 valence electrons. The third-order valence-electron chi connectivity index (χ3n) is 2.74. The molecule has 18 heavy (non-hydrogen) atoms. The Morgan fingerprint density at radius 3 is 2.39 bits per heavy atom. The molecule has 0 aromatic heterocycles. The molecule has 0 aliphatic heterocycles. The molecule has 2 nitrogen and oxygen atoms in total. The molecule has 0 bridgehead atoms. The fourth-order valence-electron chi connectivity index (χ4n) is 1.66. The maximum atomic E-state index is 12.1. The van der Waals surface area contributed by atoms with Gasteiger partial charge in [0.2, 0.25) is 0 Å². The van der Waals surface area contributed by atoms with Crippen LogP contribution >= 0.6 is 0 Å². The number of hydrogen-bond donors (Lipinski definition) is 1. The first kappa shape index (κ1) is 14.8. The molecule has 0 unspecified atom stereocenters. The summed E-state index contributed by atoms with van der Waals surface area (Å²) in [6.07, 6.45) is -4.18. The summed E-state index contributed by atoms with van der Waals surface area (Å²) < 4.78 is 41.3. The maximum Gasteiger partial charge on any atom is 0.401 e. The molecular formula is C13H18F3NO. The largest absolute Gasteiger partial charge is 0.497 e. The number of benzene rings is 1. The van der Waals surface area contributed by atoms with E-state index in [4.69, 9.17) is 4.74 Å². The summed E-state index contributed by atoms with van der Waals surface area (Å²) in [5, 5.41) is 2.44. The minimum absolute atomic E-state index is 0.250. The molecule has 1 rings (SSSR count). The highest BCUT2D eigenvalue weighted by molar-refractivity contribution is 5.33. The highest BCUT2D eigenvalue weighted by atomic mass is 19.4. The second-order valence-corrected chi connectivity index (χ2v) is 4.83. The molecule has 0 spiro atoms. The number of nitrogens with one attached hydrogen (secondary N) is 1. The minimum Gasteiger partial charge on any atom is -0.497 e. The van der Waals surface area contributed by atoms with Crippen LogP contribution in [-0.4, -0.2) is 26.4 Å². The van der Waals surface area contributed by atoms with E-state index in [-0.39, 0.29) is 12.0 Å². The number of hydrogen-bond acceptors (Lipinski definition) is 2. The lowest BCUT2D eigenvalue weighted by atomic mass is 9.84. The number of halogens is 3. The van der Waals surface area contributed by atoms with Crippen LogP contribution in [0.1, 0.15) is 19.4 Å². The van der Waals surface area contributed by atoms with E-state index in [9.17, 15) is 13.2 Å². The van der Waals surface area contributed by atoms with Crippen molar-refractivity contribution in [3.63, 3.8) is 0 Å². The smallest absolute Gasteiger partial charge is 0.401 e. The Morgan fingerprint density at radius 2 is 1.83 bits per heavy atom. The van der Waals surface area contributed by atoms with E-state index in [0.717, 1.165) is 5.56 Å². The summed E-state index contributed by atoms with van der Waals surface area (Å²) >= 11 is 0. The monoisotopic (exact) mass is 261 g/mol. The molecule has 5 heteroatoms. The van der Waals surface area contributed by atoms with Gasteiger partial charge in [-0.05, 0) is 17.7 Å². The fraction of sp³-hybridized carbons (Fsp3) is 0.538. The van der Waals surface area contributed by atoms with E-state index in [0.29, 0.717) is 5.75 Å². The predicted octanol–water partition coefficient (Wildman–Crippen LogP) is 3.12. The highest BCUT2D eigenvalue weighted by Gasteiger charge is 2.28. The van der Waals surface area contributed by atoms with Gasteiger partial charge in [0.15, 0.2) is 0 Å². The molecule has 0 atom stereocenters. The summed E-state index contributed by atoms with van der Waals surface area (Å²) in [5.74, 6) is 0.705. The van der Waals surface area contributed by atoms with Crippen LogP contribution in [0.15, 0.2) is 24.3 Å². The van der Waals surface area contributed by atoms with Crippen molar-refractivity contribution in [3.05, 3.63) is 29.8 Å². The molecule has 1 aromatic rings. The fourth-order valence-corrected chi connectivity index (χ4v) is 1.66. The van der Waals surface area contributed by atoms with Gasteiger partial charge in [0.1, 0.15) is 5.75 Å². The van der Waals surface area contributed by atoms with Crippen molar-refractivity contribution >= 4 is 0 Å². The molecule has 0 saturated heterocycles. The highest BCUT2D eigenvalue weighted by Crippen LogP contribution is 2.26. The van der Waals surface area contributed by atoms with E-state index < -0.39 is 12.7 Å². The summed E-state index contributed by atoms with van der Waals surface area (Å²) in [6.45, 7) is 3.07. The third kappa shape index (κ3) is 4.56. The molecule has 0 aliphatic rings. The molecule has 0 fully saturated rings. The maximum absolute atomic E-state index is 12.1. The number of methoxy groups -OCH3 is 1. The molecule has 1 aromatic carbocycles. The van der Waals surface area contributed by atoms with Gasteiger partial charge in [-0.3, -0.25) is 0 Å². The van der Waals surface area contributed by atoms with Gasteiger partial charge < -0.3 is 10.1 Å². The summed E-state index contributed by atoms with van der Waals surface area (Å²) in [5.41, 5.74) is 0.552. The molecule has 0 amide bonds. The zero-order valence-electron chi connectivity index (χ0n) is 10.8. The second kappa shape index (κ2) is 5.61. The lowest BCUT2D eigenvalue weighted by Crippen LogP contribution is -2.38. The topological polar surface area (TPSA) is 21.3 Å². The van der Waals surface area contributed by atoms with E-state index in [2.05, 4.69) is 5.32 Å². The van der Waals surface area contributed by atoms with Gasteiger partial charge in [-0.25, -0.2) is 0 Å². The third-order valence-corrected chi connectivity index (χ3v) is 2.74. The van der Waals surface area contributed by atoms with Crippen LogP contribution in [0.25, 0.3) is 0 Å². The van der Waals surface area contributed by atoms with Crippen molar-refractivity contribution in [2.75, 3.05) is 20.2 Å². The summed E-state index contributed by atoms with van der Waals surface area (Å²) in [4.78, 5) is 0. The molecule has 0 radical (unpaired) electrons. The first-order valence-corrected chi connectivity index (χ1v) is 5.66. The number of alkyl halides is 3. The molecule has 0 saturated carbocycles. The number of ether oxygens (including phenoxy) is 1. The van der Waals surface area contributed by atoms with Crippen LogP contribution < -0.4 is 10.1 Å². The zero-order chi connectivity index (χ0) is 13.8. The first-order chi connectivity index (χ1) is 8.24. The Labute approximate surface area is 105 Å². The van der Waals surface area contributed by atoms with Gasteiger partial charge in [-0.1, -0.05) is 26.0 Å². The molecule has 0 heterocycles. The Balaban J connectivity index is 2.67. The summed E-state index contributed by atoms with van der Waals surface area (Å²) in [7, 11) is 1.56. The van der Waals surface area contributed by atoms with Crippen LogP contribution in [0.3, 0.4) is 0 Å². The Morgan fingerprint density at radius 1 is 1.17 bits per heavy atom. The molecule has 0 aliphatic carbocycles. The van der Waals surface area contributed by atoms with E-state index in [1.54, 1.807) is 7.11 Å². The van der Waals surface area contributed by atoms with Crippen LogP contribution in [0.4, 0.5) is 13.2 Å². The lowest BCUT2D eigenvalue weighted by Gasteiger charge is -2.26. The van der Waals surface area contributed by atoms with Gasteiger partial charge in [0.05, 0.1) is 13.7 Å². The standard InChI is InChI=1S/C13H18F3NO/c1-12(2,8-17-9-13(14,15)16)10-5-4-6-11(7-10)18-3/h4-7,17H,8-9H2,1-3H3. The van der Waals surface area contributed by atoms with Crippen molar-refractivity contribution in [1.29, 1.82) is 0 Å². The van der Waals surface area contributed by atoms with Crippen molar-refractivity contribution in [2.45, 2.75) is 25.4 Å². The van der Waals surface area contributed by atoms with Crippen molar-refractivity contribution in [3.8, 4) is 5.75 Å². The van der Waals surface area contributed by atoms with E-state index >= 15 is 0 Å². The summed E-state index contributed by atoms with van der Waals surface area (Å²) in [6, 6.07) is 7.37. The molecular weight excluding hydrogens is 243 g/mol. The van der Waals surface area contributed by atoms with Crippen LogP contribution in [0, 0.1) is 0 Å². The second-order valence-electron chi connectivity index (χ2n) is 4.83.